The zero-order valence-electron chi connectivity index (χ0n) is 9.20. The summed E-state index contributed by atoms with van der Waals surface area (Å²) in [6.07, 6.45) is 8.00. The molecule has 0 radical (unpaired) electrons. The summed E-state index contributed by atoms with van der Waals surface area (Å²) in [5, 5.41) is 0.746. The molecule has 0 saturated heterocycles. The van der Waals surface area contributed by atoms with Gasteiger partial charge in [0.15, 0.2) is 0 Å². The number of fused-ring (bicyclic) bond motifs is 1. The third-order valence-electron chi connectivity index (χ3n) is 2.41. The molecule has 1 aromatic heterocycles. The van der Waals surface area contributed by atoms with Gasteiger partial charge in [-0.2, -0.15) is 0 Å². The molecule has 0 aliphatic rings. The zero-order valence-corrected chi connectivity index (χ0v) is 9.20. The number of terminal acetylenes is 1. The molecule has 0 spiro atoms. The topological polar surface area (TPSA) is 22.0 Å². The normalized spacial score (nSPS) is 9.56. The van der Waals surface area contributed by atoms with Gasteiger partial charge in [0, 0.05) is 18.5 Å². The van der Waals surface area contributed by atoms with Crippen LogP contribution in [0.5, 0.6) is 0 Å². The van der Waals surface area contributed by atoms with Crippen LogP contribution in [-0.2, 0) is 7.05 Å². The highest BCUT2D eigenvalue weighted by molar-refractivity contribution is 5.79. The standard InChI is InChI=1S/C11H10FNO.C2H2/c1-7-5-10-8(6-9(7)12)3-4-11(14)13(10)2;1-2/h3-6H,1-2H3;1-2H. The molecule has 82 valence electrons. The fourth-order valence-electron chi connectivity index (χ4n) is 1.50. The van der Waals surface area contributed by atoms with E-state index in [2.05, 4.69) is 12.8 Å². The quantitative estimate of drug-likeness (QED) is 0.620. The van der Waals surface area contributed by atoms with Crippen LogP contribution in [0.1, 0.15) is 5.56 Å². The largest absolute Gasteiger partial charge is 0.311 e. The Hall–Kier alpha value is -2.08. The fraction of sp³-hybridized carbons (Fsp3) is 0.154. The molecule has 0 fully saturated rings. The first-order valence-electron chi connectivity index (χ1n) is 4.69. The minimum atomic E-state index is -0.240. The number of aromatic nitrogens is 1. The average Bonchev–Trinajstić information content (AvgIpc) is 2.30. The van der Waals surface area contributed by atoms with E-state index in [4.69, 9.17) is 0 Å². The van der Waals surface area contributed by atoms with Gasteiger partial charge in [-0.3, -0.25) is 4.79 Å². The Morgan fingerprint density at radius 3 is 2.50 bits per heavy atom. The van der Waals surface area contributed by atoms with Crippen molar-refractivity contribution < 1.29 is 4.39 Å². The molecule has 2 rings (SSSR count). The lowest BCUT2D eigenvalue weighted by Gasteiger charge is -2.05. The minimum absolute atomic E-state index is 0.0801. The van der Waals surface area contributed by atoms with E-state index in [9.17, 15) is 9.18 Å². The second-order valence-corrected chi connectivity index (χ2v) is 3.39. The van der Waals surface area contributed by atoms with Crippen LogP contribution in [0.4, 0.5) is 4.39 Å². The molecule has 0 aliphatic heterocycles. The Morgan fingerprint density at radius 2 is 1.88 bits per heavy atom. The minimum Gasteiger partial charge on any atom is -0.311 e. The van der Waals surface area contributed by atoms with E-state index >= 15 is 0 Å². The van der Waals surface area contributed by atoms with Gasteiger partial charge in [-0.25, -0.2) is 4.39 Å². The summed E-state index contributed by atoms with van der Waals surface area (Å²) in [7, 11) is 1.68. The van der Waals surface area contributed by atoms with Gasteiger partial charge in [0.2, 0.25) is 0 Å². The summed E-state index contributed by atoms with van der Waals surface area (Å²) >= 11 is 0. The van der Waals surface area contributed by atoms with Crippen LogP contribution in [0, 0.1) is 25.6 Å². The summed E-state index contributed by atoms with van der Waals surface area (Å²) in [4.78, 5) is 11.3. The van der Waals surface area contributed by atoms with Crippen molar-refractivity contribution in [3.05, 3.63) is 46.0 Å². The maximum Gasteiger partial charge on any atom is 0.250 e. The number of halogens is 1. The number of rotatable bonds is 0. The molecule has 2 nitrogen and oxygen atoms in total. The Kier molecular flexibility index (Phi) is 3.47. The van der Waals surface area contributed by atoms with Gasteiger partial charge in [-0.15, -0.1) is 12.8 Å². The third kappa shape index (κ3) is 1.96. The van der Waals surface area contributed by atoms with Crippen molar-refractivity contribution in [3.8, 4) is 12.8 Å². The Bertz CT molecular complexity index is 596. The summed E-state index contributed by atoms with van der Waals surface area (Å²) in [5.74, 6) is -0.240. The molecule has 2 aromatic rings. The highest BCUT2D eigenvalue weighted by atomic mass is 19.1. The Balaban J connectivity index is 0.000000606. The van der Waals surface area contributed by atoms with Crippen LogP contribution >= 0.6 is 0 Å². The van der Waals surface area contributed by atoms with Gasteiger partial charge in [-0.05, 0) is 30.7 Å². The van der Waals surface area contributed by atoms with Crippen LogP contribution in [0.3, 0.4) is 0 Å². The summed E-state index contributed by atoms with van der Waals surface area (Å²) in [6, 6.07) is 6.22. The smallest absolute Gasteiger partial charge is 0.250 e. The third-order valence-corrected chi connectivity index (χ3v) is 2.41. The molecule has 0 bridgehead atoms. The predicted octanol–water partition coefficient (Wildman–Crippen LogP) is 2.24. The van der Waals surface area contributed by atoms with Crippen LogP contribution in [0.2, 0.25) is 0 Å². The highest BCUT2D eigenvalue weighted by Gasteiger charge is 2.03. The Labute approximate surface area is 93.3 Å². The van der Waals surface area contributed by atoms with E-state index in [0.717, 1.165) is 10.9 Å². The lowest BCUT2D eigenvalue weighted by Crippen LogP contribution is -2.15. The van der Waals surface area contributed by atoms with Crippen LogP contribution in [0.25, 0.3) is 10.9 Å². The molecule has 16 heavy (non-hydrogen) atoms. The van der Waals surface area contributed by atoms with Crippen molar-refractivity contribution in [2.24, 2.45) is 7.05 Å². The molecule has 1 aromatic carbocycles. The maximum atomic E-state index is 13.2. The summed E-state index contributed by atoms with van der Waals surface area (Å²) < 4.78 is 14.7. The second kappa shape index (κ2) is 4.63. The number of pyridine rings is 1. The van der Waals surface area contributed by atoms with Crippen molar-refractivity contribution in [2.45, 2.75) is 6.92 Å². The SMILES string of the molecule is C#C.Cc1cc2c(ccc(=O)n2C)cc1F. The molecule has 0 saturated carbocycles. The Morgan fingerprint density at radius 1 is 1.25 bits per heavy atom. The first-order chi connectivity index (χ1) is 7.59. The van der Waals surface area contributed by atoms with Crippen molar-refractivity contribution in [3.63, 3.8) is 0 Å². The van der Waals surface area contributed by atoms with Crippen molar-refractivity contribution in [1.82, 2.24) is 4.57 Å². The van der Waals surface area contributed by atoms with Gasteiger partial charge in [-0.1, -0.05) is 0 Å². The average molecular weight is 217 g/mol. The first-order valence-corrected chi connectivity index (χ1v) is 4.69. The van der Waals surface area contributed by atoms with Crippen LogP contribution < -0.4 is 5.56 Å². The lowest BCUT2D eigenvalue weighted by atomic mass is 10.1. The predicted molar refractivity (Wildman–Crippen MR) is 63.8 cm³/mol. The number of aryl methyl sites for hydroxylation is 2. The van der Waals surface area contributed by atoms with Crippen molar-refractivity contribution in [1.29, 1.82) is 0 Å². The summed E-state index contributed by atoms with van der Waals surface area (Å²) in [5.41, 5.74) is 1.23. The summed E-state index contributed by atoms with van der Waals surface area (Å²) in [6.45, 7) is 1.69. The molecule has 3 heteroatoms. The maximum absolute atomic E-state index is 13.2. The van der Waals surface area contributed by atoms with E-state index < -0.39 is 0 Å². The number of hydrogen-bond acceptors (Lipinski definition) is 1. The van der Waals surface area contributed by atoms with E-state index in [1.165, 1.54) is 16.7 Å². The van der Waals surface area contributed by atoms with Gasteiger partial charge in [0.25, 0.3) is 5.56 Å². The van der Waals surface area contributed by atoms with E-state index in [1.807, 2.05) is 0 Å². The fourth-order valence-corrected chi connectivity index (χ4v) is 1.50. The van der Waals surface area contributed by atoms with Crippen LogP contribution in [-0.4, -0.2) is 4.57 Å². The molecular weight excluding hydrogens is 205 g/mol. The van der Waals surface area contributed by atoms with Gasteiger partial charge >= 0.3 is 0 Å². The molecule has 0 unspecified atom stereocenters. The molecule has 0 N–H and O–H groups in total. The van der Waals surface area contributed by atoms with E-state index in [-0.39, 0.29) is 11.4 Å². The highest BCUT2D eigenvalue weighted by Crippen LogP contribution is 2.16. The van der Waals surface area contributed by atoms with Crippen LogP contribution in [0.15, 0.2) is 29.1 Å². The van der Waals surface area contributed by atoms with Gasteiger partial charge in [0.05, 0.1) is 5.52 Å². The molecule has 0 atom stereocenters. The number of nitrogens with zero attached hydrogens (tertiary/aromatic N) is 1. The van der Waals surface area contributed by atoms with Gasteiger partial charge < -0.3 is 4.57 Å². The molecular formula is C13H12FNO. The number of hydrogen-bond donors (Lipinski definition) is 0. The van der Waals surface area contributed by atoms with Gasteiger partial charge in [0.1, 0.15) is 5.82 Å². The molecule has 0 amide bonds. The molecule has 0 aliphatic carbocycles. The molecule has 1 heterocycles. The second-order valence-electron chi connectivity index (χ2n) is 3.39. The van der Waals surface area contributed by atoms with E-state index in [0.29, 0.717) is 5.56 Å². The first kappa shape index (κ1) is 12.0. The van der Waals surface area contributed by atoms with E-state index in [1.54, 1.807) is 26.1 Å². The van der Waals surface area contributed by atoms with Crippen molar-refractivity contribution >= 4 is 10.9 Å². The lowest BCUT2D eigenvalue weighted by molar-refractivity contribution is 0.620. The number of benzene rings is 1. The van der Waals surface area contributed by atoms with Crippen molar-refractivity contribution in [2.75, 3.05) is 0 Å². The monoisotopic (exact) mass is 217 g/mol. The zero-order chi connectivity index (χ0) is 12.3.